The fourth-order valence-corrected chi connectivity index (χ4v) is 3.89. The Morgan fingerprint density at radius 1 is 1.00 bits per heavy atom. The van der Waals surface area contributed by atoms with Gasteiger partial charge in [-0.2, -0.15) is 4.31 Å². The number of hydrogen-bond donors (Lipinski definition) is 0. The Hall–Kier alpha value is -2.44. The van der Waals surface area contributed by atoms with Crippen LogP contribution in [-0.4, -0.2) is 38.4 Å². The zero-order chi connectivity index (χ0) is 19.0. The van der Waals surface area contributed by atoms with Crippen LogP contribution in [0.5, 0.6) is 0 Å². The molecule has 0 amide bonds. The molecule has 138 valence electrons. The Labute approximate surface area is 155 Å². The summed E-state index contributed by atoms with van der Waals surface area (Å²) < 4.78 is 31.4. The van der Waals surface area contributed by atoms with Crippen molar-refractivity contribution in [1.82, 2.24) is 4.31 Å². The predicted octanol–water partition coefficient (Wildman–Crippen LogP) is 3.59. The zero-order valence-corrected chi connectivity index (χ0v) is 15.8. The van der Waals surface area contributed by atoms with E-state index in [-0.39, 0.29) is 11.5 Å². The van der Waals surface area contributed by atoms with Crippen LogP contribution in [0.1, 0.15) is 29.8 Å². The molecule has 5 nitrogen and oxygen atoms in total. The molecule has 0 aliphatic heterocycles. The molecule has 0 heterocycles. The number of ether oxygens (including phenoxy) is 1. The average Bonchev–Trinajstić information content (AvgIpc) is 2.67. The summed E-state index contributed by atoms with van der Waals surface area (Å²) in [5.41, 5.74) is 1.34. The third kappa shape index (κ3) is 5.03. The van der Waals surface area contributed by atoms with Crippen molar-refractivity contribution >= 4 is 22.1 Å². The summed E-state index contributed by atoms with van der Waals surface area (Å²) in [5, 5.41) is 0. The second kappa shape index (κ2) is 9.31. The normalized spacial score (nSPS) is 11.8. The minimum absolute atomic E-state index is 0.146. The first-order valence-corrected chi connectivity index (χ1v) is 9.92. The van der Waals surface area contributed by atoms with Crippen molar-refractivity contribution in [2.24, 2.45) is 0 Å². The lowest BCUT2D eigenvalue weighted by Crippen LogP contribution is -2.30. The third-order valence-electron chi connectivity index (χ3n) is 3.85. The molecule has 0 bridgehead atoms. The fraction of sp³-hybridized carbons (Fsp3) is 0.250. The third-order valence-corrected chi connectivity index (χ3v) is 5.92. The van der Waals surface area contributed by atoms with E-state index in [2.05, 4.69) is 0 Å². The molecule has 0 aliphatic rings. The molecule has 6 heteroatoms. The van der Waals surface area contributed by atoms with Crippen LogP contribution in [0.3, 0.4) is 0 Å². The lowest BCUT2D eigenvalue weighted by atomic mass is 10.2. The van der Waals surface area contributed by atoms with Gasteiger partial charge in [0.2, 0.25) is 10.0 Å². The molecule has 0 saturated heterocycles. The number of rotatable bonds is 8. The van der Waals surface area contributed by atoms with E-state index in [1.54, 1.807) is 19.9 Å². The van der Waals surface area contributed by atoms with Crippen LogP contribution in [0.2, 0.25) is 0 Å². The number of benzene rings is 2. The van der Waals surface area contributed by atoms with Crippen molar-refractivity contribution in [1.29, 1.82) is 0 Å². The highest BCUT2D eigenvalue weighted by Gasteiger charge is 2.21. The maximum atomic E-state index is 12.4. The van der Waals surface area contributed by atoms with E-state index < -0.39 is 16.0 Å². The second-order valence-electron chi connectivity index (χ2n) is 5.53. The van der Waals surface area contributed by atoms with Gasteiger partial charge < -0.3 is 4.74 Å². The predicted molar refractivity (Wildman–Crippen MR) is 102 cm³/mol. The summed E-state index contributed by atoms with van der Waals surface area (Å²) in [6.45, 7) is 4.52. The highest BCUT2D eigenvalue weighted by Crippen LogP contribution is 2.16. The van der Waals surface area contributed by atoms with Crippen LogP contribution < -0.4 is 0 Å². The first-order chi connectivity index (χ1) is 12.5. The minimum Gasteiger partial charge on any atom is -0.458 e. The maximum Gasteiger partial charge on any atom is 0.338 e. The minimum atomic E-state index is -3.53. The molecule has 0 spiro atoms. The summed E-state index contributed by atoms with van der Waals surface area (Å²) in [6, 6.07) is 15.5. The summed E-state index contributed by atoms with van der Waals surface area (Å²) in [4.78, 5) is 12.2. The Balaban J connectivity index is 1.97. The zero-order valence-electron chi connectivity index (χ0n) is 15.0. The number of sulfonamides is 1. The smallest absolute Gasteiger partial charge is 0.338 e. The van der Waals surface area contributed by atoms with E-state index >= 15 is 0 Å². The van der Waals surface area contributed by atoms with Crippen LogP contribution >= 0.6 is 0 Å². The highest BCUT2D eigenvalue weighted by atomic mass is 32.2. The SMILES string of the molecule is CCN(CC)S(=O)(=O)c1ccc(C(=O)OC/C=C\c2ccccc2)cc1. The lowest BCUT2D eigenvalue weighted by Gasteiger charge is -2.18. The molecular formula is C20H23NO4S. The van der Waals surface area contributed by atoms with Crippen molar-refractivity contribution < 1.29 is 17.9 Å². The van der Waals surface area contributed by atoms with E-state index in [0.29, 0.717) is 18.7 Å². The number of nitrogens with zero attached hydrogens (tertiary/aromatic N) is 1. The summed E-state index contributed by atoms with van der Waals surface area (Å²) >= 11 is 0. The Morgan fingerprint density at radius 3 is 2.19 bits per heavy atom. The molecule has 0 saturated carbocycles. The van der Waals surface area contributed by atoms with E-state index in [0.717, 1.165) is 5.56 Å². The molecule has 0 aromatic heterocycles. The Kier molecular flexibility index (Phi) is 7.12. The van der Waals surface area contributed by atoms with E-state index in [1.807, 2.05) is 36.4 Å². The summed E-state index contributed by atoms with van der Waals surface area (Å²) in [6.07, 6.45) is 3.62. The molecule has 2 aromatic rings. The lowest BCUT2D eigenvalue weighted by molar-refractivity contribution is 0.0550. The van der Waals surface area contributed by atoms with Gasteiger partial charge in [0, 0.05) is 13.1 Å². The van der Waals surface area contributed by atoms with Crippen LogP contribution in [0, 0.1) is 0 Å². The van der Waals surface area contributed by atoms with Gasteiger partial charge in [-0.25, -0.2) is 13.2 Å². The van der Waals surface area contributed by atoms with Gasteiger partial charge in [0.15, 0.2) is 0 Å². The van der Waals surface area contributed by atoms with Gasteiger partial charge in [-0.15, -0.1) is 0 Å². The largest absolute Gasteiger partial charge is 0.458 e. The monoisotopic (exact) mass is 373 g/mol. The number of hydrogen-bond acceptors (Lipinski definition) is 4. The number of carbonyl (C=O) groups is 1. The molecule has 2 rings (SSSR count). The first-order valence-electron chi connectivity index (χ1n) is 8.48. The molecule has 0 fully saturated rings. The van der Waals surface area contributed by atoms with Gasteiger partial charge in [-0.3, -0.25) is 0 Å². The average molecular weight is 373 g/mol. The summed E-state index contributed by atoms with van der Waals surface area (Å²) in [7, 11) is -3.53. The van der Waals surface area contributed by atoms with Crippen molar-refractivity contribution in [3.63, 3.8) is 0 Å². The molecule has 2 aromatic carbocycles. The van der Waals surface area contributed by atoms with Crippen LogP contribution in [-0.2, 0) is 14.8 Å². The molecule has 0 atom stereocenters. The molecule has 0 radical (unpaired) electrons. The second-order valence-corrected chi connectivity index (χ2v) is 7.46. The van der Waals surface area contributed by atoms with Crippen molar-refractivity contribution in [3.05, 3.63) is 71.8 Å². The van der Waals surface area contributed by atoms with Gasteiger partial charge >= 0.3 is 5.97 Å². The van der Waals surface area contributed by atoms with E-state index in [9.17, 15) is 13.2 Å². The van der Waals surface area contributed by atoms with E-state index in [1.165, 1.54) is 28.6 Å². The highest BCUT2D eigenvalue weighted by molar-refractivity contribution is 7.89. The Bertz CT molecular complexity index is 839. The number of carbonyl (C=O) groups excluding carboxylic acids is 1. The van der Waals surface area contributed by atoms with Crippen molar-refractivity contribution in [3.8, 4) is 0 Å². The molecule has 26 heavy (non-hydrogen) atoms. The van der Waals surface area contributed by atoms with Gasteiger partial charge in [0.1, 0.15) is 6.61 Å². The van der Waals surface area contributed by atoms with E-state index in [4.69, 9.17) is 4.74 Å². The Morgan fingerprint density at radius 2 is 1.62 bits per heavy atom. The van der Waals surface area contributed by atoms with Gasteiger partial charge in [-0.1, -0.05) is 50.3 Å². The van der Waals surface area contributed by atoms with Crippen molar-refractivity contribution in [2.45, 2.75) is 18.7 Å². The standard InChI is InChI=1S/C20H23NO4S/c1-3-21(4-2)26(23,24)19-14-12-18(13-15-19)20(22)25-16-8-11-17-9-6-5-7-10-17/h5-15H,3-4,16H2,1-2H3/b11-8-. The van der Waals surface area contributed by atoms with Crippen LogP contribution in [0.15, 0.2) is 65.6 Å². The van der Waals surface area contributed by atoms with Gasteiger partial charge in [0.25, 0.3) is 0 Å². The molecule has 0 unspecified atom stereocenters. The van der Waals surface area contributed by atoms with Crippen LogP contribution in [0.4, 0.5) is 0 Å². The topological polar surface area (TPSA) is 63.7 Å². The first kappa shape index (κ1) is 19.9. The molecule has 0 N–H and O–H groups in total. The maximum absolute atomic E-state index is 12.4. The van der Waals surface area contributed by atoms with Crippen molar-refractivity contribution in [2.75, 3.05) is 19.7 Å². The summed E-state index contributed by atoms with van der Waals surface area (Å²) in [5.74, 6) is -0.491. The fourth-order valence-electron chi connectivity index (χ4n) is 2.43. The number of esters is 1. The van der Waals surface area contributed by atoms with Gasteiger partial charge in [0.05, 0.1) is 10.5 Å². The molecule has 0 aliphatic carbocycles. The molecular weight excluding hydrogens is 350 g/mol. The quantitative estimate of drug-likeness (QED) is 0.664. The van der Waals surface area contributed by atoms with Crippen LogP contribution in [0.25, 0.3) is 6.08 Å². The van der Waals surface area contributed by atoms with Gasteiger partial charge in [-0.05, 0) is 35.9 Å².